The van der Waals surface area contributed by atoms with Crippen molar-refractivity contribution in [3.05, 3.63) is 28.5 Å². The second-order valence-electron chi connectivity index (χ2n) is 2.36. The van der Waals surface area contributed by atoms with Crippen LogP contribution in [0.2, 0.25) is 0 Å². The Bertz CT molecular complexity index is 467. The Labute approximate surface area is 77.2 Å². The van der Waals surface area contributed by atoms with Crippen molar-refractivity contribution >= 4 is 27.0 Å². The quantitative estimate of drug-likeness (QED) is 0.742. The molecular weight excluding hydrogens is 218 g/mol. The van der Waals surface area contributed by atoms with Crippen LogP contribution in [-0.2, 0) is 0 Å². The number of fused-ring (bicyclic) bond motifs is 1. The van der Waals surface area contributed by atoms with Crippen molar-refractivity contribution in [2.24, 2.45) is 0 Å². The van der Waals surface area contributed by atoms with Gasteiger partial charge in [-0.1, -0.05) is 0 Å². The van der Waals surface area contributed by atoms with Crippen LogP contribution in [-0.4, -0.2) is 9.97 Å². The average molecular weight is 222 g/mol. The van der Waals surface area contributed by atoms with Gasteiger partial charge >= 0.3 is 0 Å². The summed E-state index contributed by atoms with van der Waals surface area (Å²) in [5.74, 6) is 0. The van der Waals surface area contributed by atoms with Gasteiger partial charge in [0.15, 0.2) is 0 Å². The van der Waals surface area contributed by atoms with Crippen molar-refractivity contribution in [1.29, 1.82) is 5.26 Å². The van der Waals surface area contributed by atoms with Gasteiger partial charge in [0.05, 0.1) is 11.1 Å². The maximum Gasteiger partial charge on any atom is 0.106 e. The molecule has 2 heterocycles. The third-order valence-corrected chi connectivity index (χ3v) is 2.04. The molecule has 0 fully saturated rings. The number of H-pyrrole nitrogens is 1. The van der Waals surface area contributed by atoms with Gasteiger partial charge in [0.2, 0.25) is 0 Å². The van der Waals surface area contributed by atoms with Crippen molar-refractivity contribution in [3.63, 3.8) is 0 Å². The molecule has 2 rings (SSSR count). The summed E-state index contributed by atoms with van der Waals surface area (Å²) in [6.45, 7) is 0. The Morgan fingerprint density at radius 3 is 3.17 bits per heavy atom. The fourth-order valence-electron chi connectivity index (χ4n) is 1.07. The van der Waals surface area contributed by atoms with Crippen LogP contribution in [0.1, 0.15) is 5.56 Å². The van der Waals surface area contributed by atoms with Gasteiger partial charge < -0.3 is 4.98 Å². The number of halogens is 1. The largest absolute Gasteiger partial charge is 0.359 e. The lowest BCUT2D eigenvalue weighted by Crippen LogP contribution is -1.76. The molecule has 2 aromatic heterocycles. The minimum atomic E-state index is 0.581. The highest BCUT2D eigenvalue weighted by molar-refractivity contribution is 9.10. The van der Waals surface area contributed by atoms with Crippen LogP contribution in [0.3, 0.4) is 0 Å². The number of nitriles is 1. The fourth-order valence-corrected chi connectivity index (χ4v) is 1.40. The summed E-state index contributed by atoms with van der Waals surface area (Å²) in [4.78, 5) is 7.08. The zero-order chi connectivity index (χ0) is 8.55. The summed E-state index contributed by atoms with van der Waals surface area (Å²) in [7, 11) is 0. The summed E-state index contributed by atoms with van der Waals surface area (Å²) in [6, 6.07) is 3.95. The van der Waals surface area contributed by atoms with E-state index in [1.165, 1.54) is 0 Å². The average Bonchev–Trinajstić information content (AvgIpc) is 2.46. The van der Waals surface area contributed by atoms with E-state index in [9.17, 15) is 0 Å². The Morgan fingerprint density at radius 2 is 2.42 bits per heavy atom. The minimum Gasteiger partial charge on any atom is -0.359 e. The van der Waals surface area contributed by atoms with E-state index in [1.54, 1.807) is 12.4 Å². The molecule has 0 aliphatic rings. The predicted molar refractivity (Wildman–Crippen MR) is 48.5 cm³/mol. The molecule has 0 bridgehead atoms. The number of pyridine rings is 1. The number of rotatable bonds is 0. The van der Waals surface area contributed by atoms with Crippen LogP contribution < -0.4 is 0 Å². The van der Waals surface area contributed by atoms with Gasteiger partial charge in [-0.15, -0.1) is 0 Å². The van der Waals surface area contributed by atoms with E-state index in [2.05, 4.69) is 32.0 Å². The Hall–Kier alpha value is -1.34. The van der Waals surface area contributed by atoms with Crippen LogP contribution in [0.25, 0.3) is 11.0 Å². The monoisotopic (exact) mass is 221 g/mol. The maximum absolute atomic E-state index is 8.67. The molecule has 12 heavy (non-hydrogen) atoms. The van der Waals surface area contributed by atoms with E-state index in [1.807, 2.05) is 6.07 Å². The zero-order valence-corrected chi connectivity index (χ0v) is 7.59. The van der Waals surface area contributed by atoms with Crippen LogP contribution in [0.5, 0.6) is 0 Å². The van der Waals surface area contributed by atoms with Crippen LogP contribution >= 0.6 is 15.9 Å². The van der Waals surface area contributed by atoms with Crippen LogP contribution in [0.15, 0.2) is 22.9 Å². The third-order valence-electron chi connectivity index (χ3n) is 1.60. The number of nitrogens with zero attached hydrogens (tertiary/aromatic N) is 2. The number of hydrogen-bond acceptors (Lipinski definition) is 2. The van der Waals surface area contributed by atoms with Gasteiger partial charge in [-0.25, -0.2) is 0 Å². The zero-order valence-electron chi connectivity index (χ0n) is 6.00. The number of hydrogen-bond donors (Lipinski definition) is 1. The molecular formula is C8H4BrN3. The molecule has 58 valence electrons. The molecule has 0 spiro atoms. The van der Waals surface area contributed by atoms with Crippen LogP contribution in [0, 0.1) is 11.3 Å². The van der Waals surface area contributed by atoms with Crippen LogP contribution in [0.4, 0.5) is 0 Å². The lowest BCUT2D eigenvalue weighted by molar-refractivity contribution is 1.38. The molecule has 4 heteroatoms. The molecule has 3 nitrogen and oxygen atoms in total. The van der Waals surface area contributed by atoms with Crippen molar-refractivity contribution in [1.82, 2.24) is 9.97 Å². The summed E-state index contributed by atoms with van der Waals surface area (Å²) in [6.07, 6.45) is 3.33. The fraction of sp³-hybridized carbons (Fsp3) is 0. The molecule has 0 aliphatic heterocycles. The van der Waals surface area contributed by atoms with E-state index >= 15 is 0 Å². The molecule has 0 amide bonds. The highest BCUT2D eigenvalue weighted by Gasteiger charge is 2.03. The van der Waals surface area contributed by atoms with Crippen molar-refractivity contribution < 1.29 is 0 Å². The molecule has 0 saturated carbocycles. The SMILES string of the molecule is N#Cc1c[nH]c2cc(Br)cnc12. The molecule has 0 unspecified atom stereocenters. The van der Waals surface area contributed by atoms with E-state index in [0.717, 1.165) is 15.5 Å². The number of aromatic nitrogens is 2. The molecule has 0 atom stereocenters. The second-order valence-corrected chi connectivity index (χ2v) is 3.28. The molecule has 0 saturated heterocycles. The smallest absolute Gasteiger partial charge is 0.106 e. The van der Waals surface area contributed by atoms with Gasteiger partial charge in [0, 0.05) is 16.9 Å². The third kappa shape index (κ3) is 0.990. The topological polar surface area (TPSA) is 52.5 Å². The van der Waals surface area contributed by atoms with Gasteiger partial charge in [0.25, 0.3) is 0 Å². The lowest BCUT2D eigenvalue weighted by Gasteiger charge is -1.89. The summed E-state index contributed by atoms with van der Waals surface area (Å²) < 4.78 is 0.904. The predicted octanol–water partition coefficient (Wildman–Crippen LogP) is 2.20. The first-order valence-corrected chi connectivity index (χ1v) is 4.13. The van der Waals surface area contributed by atoms with E-state index in [-0.39, 0.29) is 0 Å². The molecule has 0 radical (unpaired) electrons. The molecule has 1 N–H and O–H groups in total. The first-order valence-electron chi connectivity index (χ1n) is 3.34. The molecule has 0 aromatic carbocycles. The summed E-state index contributed by atoms with van der Waals surface area (Å²) in [5, 5.41) is 8.67. The van der Waals surface area contributed by atoms with Gasteiger partial charge in [-0.2, -0.15) is 5.26 Å². The Balaban J connectivity index is 2.84. The number of nitrogens with one attached hydrogen (secondary N) is 1. The van der Waals surface area contributed by atoms with Gasteiger partial charge in [-0.05, 0) is 22.0 Å². The number of aromatic amines is 1. The lowest BCUT2D eigenvalue weighted by atomic mass is 10.3. The second kappa shape index (κ2) is 2.61. The summed E-state index contributed by atoms with van der Waals surface area (Å²) in [5.41, 5.74) is 2.18. The minimum absolute atomic E-state index is 0.581. The Morgan fingerprint density at radius 1 is 1.58 bits per heavy atom. The standard InChI is InChI=1S/C8H4BrN3/c9-6-1-7-8(12-4-6)5(2-10)3-11-7/h1,3-4,11H. The first-order chi connectivity index (χ1) is 5.81. The highest BCUT2D eigenvalue weighted by atomic mass is 79.9. The normalized spacial score (nSPS) is 10.0. The van der Waals surface area contributed by atoms with Crippen molar-refractivity contribution in [3.8, 4) is 6.07 Å². The van der Waals surface area contributed by atoms with E-state index in [4.69, 9.17) is 5.26 Å². The van der Waals surface area contributed by atoms with E-state index in [0.29, 0.717) is 5.56 Å². The maximum atomic E-state index is 8.67. The highest BCUT2D eigenvalue weighted by Crippen LogP contribution is 2.18. The first kappa shape index (κ1) is 7.32. The summed E-state index contributed by atoms with van der Waals surface area (Å²) >= 11 is 3.30. The van der Waals surface area contributed by atoms with Crippen molar-refractivity contribution in [2.75, 3.05) is 0 Å². The molecule has 2 aromatic rings. The van der Waals surface area contributed by atoms with E-state index < -0.39 is 0 Å². The van der Waals surface area contributed by atoms with Gasteiger partial charge in [-0.3, -0.25) is 4.98 Å². The molecule has 0 aliphatic carbocycles. The Kier molecular flexibility index (Phi) is 1.59. The van der Waals surface area contributed by atoms with Gasteiger partial charge in [0.1, 0.15) is 11.6 Å². The van der Waals surface area contributed by atoms with Crippen molar-refractivity contribution in [2.45, 2.75) is 0 Å².